The smallest absolute Gasteiger partial charge is 0.258 e. The van der Waals surface area contributed by atoms with Crippen LogP contribution in [-0.2, 0) is 0 Å². The quantitative estimate of drug-likeness (QED) is 0.630. The number of amides is 1. The van der Waals surface area contributed by atoms with Crippen LogP contribution >= 0.6 is 0 Å². The van der Waals surface area contributed by atoms with Crippen LogP contribution in [0.5, 0.6) is 0 Å². The Bertz CT molecular complexity index is 923. The molecule has 0 bridgehead atoms. The predicted molar refractivity (Wildman–Crippen MR) is 85.1 cm³/mol. The van der Waals surface area contributed by atoms with E-state index < -0.39 is 0 Å². The molecule has 3 aromatic heterocycles. The van der Waals surface area contributed by atoms with Gasteiger partial charge in [-0.1, -0.05) is 12.1 Å². The molecule has 3 heterocycles. The highest BCUT2D eigenvalue weighted by atomic mass is 16.3. The van der Waals surface area contributed by atoms with Crippen molar-refractivity contribution in [3.63, 3.8) is 0 Å². The Labute approximate surface area is 131 Å². The monoisotopic (exact) mass is 304 g/mol. The molecule has 0 spiro atoms. The molecule has 112 valence electrons. The fourth-order valence-corrected chi connectivity index (χ4v) is 2.29. The molecular formula is C17H12N4O2. The molecule has 0 radical (unpaired) electrons. The minimum atomic E-state index is -0.205. The minimum absolute atomic E-state index is 0.205. The van der Waals surface area contributed by atoms with Crippen molar-refractivity contribution in [3.8, 4) is 11.3 Å². The van der Waals surface area contributed by atoms with Crippen LogP contribution in [0.15, 0.2) is 71.9 Å². The van der Waals surface area contributed by atoms with Crippen LogP contribution in [0, 0.1) is 0 Å². The van der Waals surface area contributed by atoms with Gasteiger partial charge in [-0.15, -0.1) is 0 Å². The Morgan fingerprint density at radius 2 is 2.04 bits per heavy atom. The summed E-state index contributed by atoms with van der Waals surface area (Å²) in [6.07, 6.45) is 8.41. The molecule has 0 fully saturated rings. The van der Waals surface area contributed by atoms with E-state index in [1.807, 2.05) is 47.1 Å². The number of nitrogens with one attached hydrogen (secondary N) is 1. The van der Waals surface area contributed by atoms with E-state index in [2.05, 4.69) is 15.3 Å². The maximum absolute atomic E-state index is 12.0. The highest BCUT2D eigenvalue weighted by molar-refractivity contribution is 6.04. The molecule has 6 heteroatoms. The zero-order valence-corrected chi connectivity index (χ0v) is 12.0. The number of benzene rings is 1. The molecular weight excluding hydrogens is 292 g/mol. The van der Waals surface area contributed by atoms with E-state index in [1.165, 1.54) is 12.5 Å². The first kappa shape index (κ1) is 13.3. The topological polar surface area (TPSA) is 72.4 Å². The molecule has 0 saturated carbocycles. The largest absolute Gasteiger partial charge is 0.472 e. The molecule has 0 aliphatic heterocycles. The number of rotatable bonds is 3. The van der Waals surface area contributed by atoms with E-state index in [0.29, 0.717) is 17.0 Å². The van der Waals surface area contributed by atoms with Gasteiger partial charge in [0, 0.05) is 29.8 Å². The number of aromatic nitrogens is 3. The molecule has 1 aromatic carbocycles. The minimum Gasteiger partial charge on any atom is -0.472 e. The molecule has 6 nitrogen and oxygen atoms in total. The Morgan fingerprint density at radius 1 is 1.17 bits per heavy atom. The van der Waals surface area contributed by atoms with Crippen molar-refractivity contribution in [2.24, 2.45) is 0 Å². The summed E-state index contributed by atoms with van der Waals surface area (Å²) >= 11 is 0. The van der Waals surface area contributed by atoms with E-state index >= 15 is 0 Å². The fraction of sp³-hybridized carbons (Fsp3) is 0. The lowest BCUT2D eigenvalue weighted by molar-refractivity contribution is 0.102. The number of anilines is 1. The van der Waals surface area contributed by atoms with E-state index in [4.69, 9.17) is 4.42 Å². The lowest BCUT2D eigenvalue weighted by Crippen LogP contribution is -2.10. The number of imidazole rings is 1. The van der Waals surface area contributed by atoms with Crippen LogP contribution in [0.3, 0.4) is 0 Å². The highest BCUT2D eigenvalue weighted by Crippen LogP contribution is 2.21. The summed E-state index contributed by atoms with van der Waals surface area (Å²) in [6, 6.07) is 11.0. The van der Waals surface area contributed by atoms with Crippen molar-refractivity contribution < 1.29 is 9.21 Å². The van der Waals surface area contributed by atoms with Crippen LogP contribution in [0.25, 0.3) is 17.0 Å². The van der Waals surface area contributed by atoms with Gasteiger partial charge >= 0.3 is 0 Å². The Kier molecular flexibility index (Phi) is 3.12. The molecule has 0 aliphatic carbocycles. The van der Waals surface area contributed by atoms with Crippen LogP contribution < -0.4 is 5.32 Å². The van der Waals surface area contributed by atoms with Crippen molar-refractivity contribution in [1.82, 2.24) is 14.4 Å². The summed E-state index contributed by atoms with van der Waals surface area (Å²) in [5, 5.41) is 2.81. The molecule has 4 rings (SSSR count). The first-order valence-electron chi connectivity index (χ1n) is 7.03. The van der Waals surface area contributed by atoms with Gasteiger partial charge in [0.2, 0.25) is 5.78 Å². The van der Waals surface area contributed by atoms with Gasteiger partial charge in [-0.2, -0.15) is 0 Å². The van der Waals surface area contributed by atoms with Gasteiger partial charge in [-0.25, -0.2) is 9.97 Å². The molecule has 1 N–H and O–H groups in total. The number of hydrogen-bond acceptors (Lipinski definition) is 4. The van der Waals surface area contributed by atoms with Gasteiger partial charge in [-0.05, 0) is 24.3 Å². The van der Waals surface area contributed by atoms with Crippen LogP contribution in [0.2, 0.25) is 0 Å². The van der Waals surface area contributed by atoms with Crippen molar-refractivity contribution in [2.45, 2.75) is 0 Å². The van der Waals surface area contributed by atoms with Crippen molar-refractivity contribution in [3.05, 3.63) is 73.1 Å². The van der Waals surface area contributed by atoms with Gasteiger partial charge in [0.1, 0.15) is 6.26 Å². The lowest BCUT2D eigenvalue weighted by Gasteiger charge is -2.04. The highest BCUT2D eigenvalue weighted by Gasteiger charge is 2.08. The van der Waals surface area contributed by atoms with Crippen molar-refractivity contribution >= 4 is 17.4 Å². The van der Waals surface area contributed by atoms with E-state index in [1.54, 1.807) is 12.3 Å². The second-order valence-electron chi connectivity index (χ2n) is 5.00. The molecule has 0 atom stereocenters. The fourth-order valence-electron chi connectivity index (χ4n) is 2.29. The summed E-state index contributed by atoms with van der Waals surface area (Å²) < 4.78 is 6.77. The average molecular weight is 304 g/mol. The summed E-state index contributed by atoms with van der Waals surface area (Å²) in [5.41, 5.74) is 2.98. The third-order valence-electron chi connectivity index (χ3n) is 3.46. The Morgan fingerprint density at radius 3 is 2.78 bits per heavy atom. The normalized spacial score (nSPS) is 10.8. The molecule has 0 unspecified atom stereocenters. The molecule has 1 amide bonds. The average Bonchev–Trinajstić information content (AvgIpc) is 3.25. The van der Waals surface area contributed by atoms with E-state index in [0.717, 1.165) is 11.3 Å². The first-order valence-corrected chi connectivity index (χ1v) is 7.03. The zero-order valence-electron chi connectivity index (χ0n) is 12.0. The second kappa shape index (κ2) is 5.42. The third-order valence-corrected chi connectivity index (χ3v) is 3.46. The van der Waals surface area contributed by atoms with Gasteiger partial charge in [0.15, 0.2) is 0 Å². The maximum atomic E-state index is 12.0. The SMILES string of the molecule is O=C(Nc1ccc(-c2cn3cccnc3n2)cc1)c1ccoc1. The second-order valence-corrected chi connectivity index (χ2v) is 5.00. The molecule has 4 aromatic rings. The van der Waals surface area contributed by atoms with E-state index in [-0.39, 0.29) is 5.91 Å². The Hall–Kier alpha value is -3.41. The standard InChI is InChI=1S/C17H12N4O2/c22-16(13-6-9-23-11-13)19-14-4-2-12(3-5-14)15-10-21-8-1-7-18-17(21)20-15/h1-11H,(H,19,22). The predicted octanol–water partition coefficient (Wildman–Crippen LogP) is 3.24. The van der Waals surface area contributed by atoms with Gasteiger partial charge in [-0.3, -0.25) is 9.20 Å². The number of nitrogens with zero attached hydrogens (tertiary/aromatic N) is 3. The van der Waals surface area contributed by atoms with Crippen molar-refractivity contribution in [1.29, 1.82) is 0 Å². The third kappa shape index (κ3) is 2.57. The van der Waals surface area contributed by atoms with Gasteiger partial charge < -0.3 is 9.73 Å². The molecule has 23 heavy (non-hydrogen) atoms. The van der Waals surface area contributed by atoms with E-state index in [9.17, 15) is 4.79 Å². The number of fused-ring (bicyclic) bond motifs is 1. The van der Waals surface area contributed by atoms with Crippen LogP contribution in [0.1, 0.15) is 10.4 Å². The number of furan rings is 1. The van der Waals surface area contributed by atoms with Gasteiger partial charge in [0.25, 0.3) is 5.91 Å². The zero-order chi connectivity index (χ0) is 15.6. The van der Waals surface area contributed by atoms with Crippen LogP contribution in [-0.4, -0.2) is 20.3 Å². The van der Waals surface area contributed by atoms with Crippen molar-refractivity contribution in [2.75, 3.05) is 5.32 Å². The van der Waals surface area contributed by atoms with Crippen LogP contribution in [0.4, 0.5) is 5.69 Å². The summed E-state index contributed by atoms with van der Waals surface area (Å²) in [7, 11) is 0. The first-order chi connectivity index (χ1) is 11.3. The van der Waals surface area contributed by atoms with Gasteiger partial charge in [0.05, 0.1) is 17.5 Å². The number of carbonyl (C=O) groups excluding carboxylic acids is 1. The Balaban J connectivity index is 1.57. The summed E-state index contributed by atoms with van der Waals surface area (Å²) in [4.78, 5) is 20.6. The number of carbonyl (C=O) groups is 1. The number of hydrogen-bond donors (Lipinski definition) is 1. The molecule has 0 saturated heterocycles. The molecule has 0 aliphatic rings. The maximum Gasteiger partial charge on any atom is 0.258 e. The summed E-state index contributed by atoms with van der Waals surface area (Å²) in [5.74, 6) is 0.447. The lowest BCUT2D eigenvalue weighted by atomic mass is 10.1. The summed E-state index contributed by atoms with van der Waals surface area (Å²) in [6.45, 7) is 0.